The van der Waals surface area contributed by atoms with Gasteiger partial charge >= 0.3 is 0 Å². The molecule has 3 rings (SSSR count). The molecule has 1 amide bonds. The highest BCUT2D eigenvalue weighted by Gasteiger charge is 2.14. The largest absolute Gasteiger partial charge is 0.493 e. The van der Waals surface area contributed by atoms with Crippen LogP contribution < -0.4 is 25.3 Å². The van der Waals surface area contributed by atoms with Crippen LogP contribution in [-0.2, 0) is 13.0 Å². The number of nitrogens with two attached hydrogens (primary N) is 1. The molecule has 30 heavy (non-hydrogen) atoms. The van der Waals surface area contributed by atoms with E-state index in [1.807, 2.05) is 18.2 Å². The molecule has 0 aliphatic rings. The van der Waals surface area contributed by atoms with Gasteiger partial charge in [0, 0.05) is 37.0 Å². The van der Waals surface area contributed by atoms with Crippen molar-refractivity contribution in [3.63, 3.8) is 0 Å². The Kier molecular flexibility index (Phi) is 8.52. The van der Waals surface area contributed by atoms with E-state index >= 15 is 0 Å². The van der Waals surface area contributed by atoms with Gasteiger partial charge in [-0.05, 0) is 42.0 Å². The van der Waals surface area contributed by atoms with Crippen molar-refractivity contribution >= 4 is 18.3 Å². The molecule has 0 bridgehead atoms. The number of aromatic nitrogens is 2. The van der Waals surface area contributed by atoms with Crippen molar-refractivity contribution in [1.29, 1.82) is 0 Å². The number of benzene rings is 2. The van der Waals surface area contributed by atoms with Gasteiger partial charge in [-0.25, -0.2) is 0 Å². The Bertz CT molecular complexity index is 964. The van der Waals surface area contributed by atoms with Crippen LogP contribution in [0.5, 0.6) is 23.0 Å². The van der Waals surface area contributed by atoms with E-state index in [4.69, 9.17) is 19.9 Å². The summed E-state index contributed by atoms with van der Waals surface area (Å²) in [5, 5.41) is 9.62. The number of methoxy groups -OCH3 is 2. The second kappa shape index (κ2) is 11.1. The summed E-state index contributed by atoms with van der Waals surface area (Å²) in [5.74, 6) is 1.81. The minimum Gasteiger partial charge on any atom is -0.493 e. The predicted octanol–water partition coefficient (Wildman–Crippen LogP) is 3.07. The summed E-state index contributed by atoms with van der Waals surface area (Å²) >= 11 is 0. The lowest BCUT2D eigenvalue weighted by atomic mass is 10.1. The summed E-state index contributed by atoms with van der Waals surface area (Å²) in [7, 11) is 3.09. The van der Waals surface area contributed by atoms with Crippen molar-refractivity contribution in [2.24, 2.45) is 5.73 Å². The van der Waals surface area contributed by atoms with Crippen LogP contribution in [0.15, 0.2) is 48.7 Å². The summed E-state index contributed by atoms with van der Waals surface area (Å²) in [5.41, 5.74) is 8.04. The third-order valence-electron chi connectivity index (χ3n) is 4.35. The molecule has 0 atom stereocenters. The molecule has 1 aromatic heterocycles. The van der Waals surface area contributed by atoms with E-state index in [9.17, 15) is 4.79 Å². The van der Waals surface area contributed by atoms with Gasteiger partial charge in [0.15, 0.2) is 23.0 Å². The van der Waals surface area contributed by atoms with Crippen LogP contribution in [0.3, 0.4) is 0 Å². The molecule has 0 spiro atoms. The first-order valence-electron chi connectivity index (χ1n) is 9.14. The smallest absolute Gasteiger partial charge is 0.251 e. The molecule has 0 saturated heterocycles. The lowest BCUT2D eigenvalue weighted by molar-refractivity contribution is 0.0953. The first-order chi connectivity index (χ1) is 14.1. The number of nitrogens with one attached hydrogen (secondary N) is 2. The number of carbonyl (C=O) groups is 1. The van der Waals surface area contributed by atoms with Crippen LogP contribution >= 0.6 is 12.4 Å². The zero-order valence-corrected chi connectivity index (χ0v) is 17.6. The van der Waals surface area contributed by atoms with Gasteiger partial charge in [-0.1, -0.05) is 6.07 Å². The van der Waals surface area contributed by atoms with Crippen LogP contribution in [0.1, 0.15) is 21.6 Å². The van der Waals surface area contributed by atoms with Gasteiger partial charge in [-0.3, -0.25) is 9.89 Å². The van der Waals surface area contributed by atoms with Gasteiger partial charge in [0.1, 0.15) is 0 Å². The van der Waals surface area contributed by atoms with Crippen molar-refractivity contribution in [3.05, 3.63) is 65.5 Å². The predicted molar refractivity (Wildman–Crippen MR) is 116 cm³/mol. The summed E-state index contributed by atoms with van der Waals surface area (Å²) in [6, 6.07) is 12.4. The summed E-state index contributed by atoms with van der Waals surface area (Å²) in [6.45, 7) is 0.899. The van der Waals surface area contributed by atoms with Gasteiger partial charge in [-0.15, -0.1) is 12.4 Å². The molecule has 9 heteroatoms. The number of amides is 1. The fourth-order valence-corrected chi connectivity index (χ4v) is 2.77. The fraction of sp³-hybridized carbons (Fsp3) is 0.238. The van der Waals surface area contributed by atoms with Gasteiger partial charge < -0.3 is 25.3 Å². The SMILES string of the molecule is COc1cc(CN)ccc1Oc1ccc(C(=O)NCCc2ccn[nH]2)cc1OC.Cl. The molecule has 4 N–H and O–H groups in total. The second-order valence-electron chi connectivity index (χ2n) is 6.24. The Balaban J connectivity index is 0.00000320. The maximum absolute atomic E-state index is 12.4. The zero-order chi connectivity index (χ0) is 20.6. The number of ether oxygens (including phenoxy) is 3. The molecule has 0 aliphatic heterocycles. The summed E-state index contributed by atoms with van der Waals surface area (Å²) in [6.07, 6.45) is 2.35. The van der Waals surface area contributed by atoms with Crippen molar-refractivity contribution in [3.8, 4) is 23.0 Å². The molecule has 0 fully saturated rings. The van der Waals surface area contributed by atoms with Gasteiger partial charge in [0.05, 0.1) is 14.2 Å². The minimum atomic E-state index is -0.195. The first kappa shape index (κ1) is 23.1. The number of rotatable bonds is 9. The quantitative estimate of drug-likeness (QED) is 0.479. The van der Waals surface area contributed by atoms with Crippen LogP contribution in [-0.4, -0.2) is 36.9 Å². The monoisotopic (exact) mass is 432 g/mol. The molecule has 0 radical (unpaired) electrons. The standard InChI is InChI=1S/C21H24N4O4.ClH/c1-27-19-11-14(13-22)3-5-17(19)29-18-6-4-15(12-20(18)28-2)21(26)23-9-7-16-8-10-24-25-16;/h3-6,8,10-12H,7,9,13,22H2,1-2H3,(H,23,26)(H,24,25);1H. The molecule has 0 aliphatic carbocycles. The highest BCUT2D eigenvalue weighted by atomic mass is 35.5. The number of hydrogen-bond acceptors (Lipinski definition) is 6. The maximum atomic E-state index is 12.4. The molecular weight excluding hydrogens is 408 g/mol. The highest BCUT2D eigenvalue weighted by Crippen LogP contribution is 2.37. The van der Waals surface area contributed by atoms with Crippen molar-refractivity contribution in [1.82, 2.24) is 15.5 Å². The Morgan fingerprint density at radius 1 is 1.03 bits per heavy atom. The lowest BCUT2D eigenvalue weighted by Gasteiger charge is -2.14. The Hall–Kier alpha value is -3.23. The van der Waals surface area contributed by atoms with Gasteiger partial charge in [-0.2, -0.15) is 5.10 Å². The zero-order valence-electron chi connectivity index (χ0n) is 16.8. The topological polar surface area (TPSA) is 111 Å². The van der Waals surface area contributed by atoms with E-state index < -0.39 is 0 Å². The van der Waals surface area contributed by atoms with E-state index in [2.05, 4.69) is 15.5 Å². The summed E-state index contributed by atoms with van der Waals surface area (Å²) < 4.78 is 16.7. The van der Waals surface area contributed by atoms with Crippen LogP contribution in [0.4, 0.5) is 0 Å². The molecular formula is C21H25ClN4O4. The molecule has 0 unspecified atom stereocenters. The number of halogens is 1. The van der Waals surface area contributed by atoms with Crippen LogP contribution in [0.25, 0.3) is 0 Å². The van der Waals surface area contributed by atoms with E-state index in [1.165, 1.54) is 7.11 Å². The highest BCUT2D eigenvalue weighted by molar-refractivity contribution is 5.94. The lowest BCUT2D eigenvalue weighted by Crippen LogP contribution is -2.25. The normalized spacial score (nSPS) is 10.1. The summed E-state index contributed by atoms with van der Waals surface area (Å²) in [4.78, 5) is 12.4. The molecule has 2 aromatic carbocycles. The maximum Gasteiger partial charge on any atom is 0.251 e. The van der Waals surface area contributed by atoms with Crippen LogP contribution in [0.2, 0.25) is 0 Å². The minimum absolute atomic E-state index is 0. The first-order valence-corrected chi connectivity index (χ1v) is 9.14. The number of hydrogen-bond donors (Lipinski definition) is 3. The van der Waals surface area contributed by atoms with E-state index in [-0.39, 0.29) is 18.3 Å². The van der Waals surface area contributed by atoms with Crippen molar-refractivity contribution < 1.29 is 19.0 Å². The van der Waals surface area contributed by atoms with Gasteiger partial charge in [0.2, 0.25) is 0 Å². The van der Waals surface area contributed by atoms with E-state index in [0.717, 1.165) is 11.3 Å². The Labute approximate surface area is 181 Å². The second-order valence-corrected chi connectivity index (χ2v) is 6.24. The molecule has 1 heterocycles. The average Bonchev–Trinajstić information content (AvgIpc) is 3.27. The number of nitrogens with zero attached hydrogens (tertiary/aromatic N) is 1. The van der Waals surface area contributed by atoms with E-state index in [0.29, 0.717) is 48.1 Å². The number of aromatic amines is 1. The molecule has 160 valence electrons. The number of carbonyl (C=O) groups excluding carboxylic acids is 1. The average molecular weight is 433 g/mol. The third kappa shape index (κ3) is 5.65. The third-order valence-corrected chi connectivity index (χ3v) is 4.35. The van der Waals surface area contributed by atoms with Crippen molar-refractivity contribution in [2.45, 2.75) is 13.0 Å². The van der Waals surface area contributed by atoms with Gasteiger partial charge in [0.25, 0.3) is 5.91 Å². The van der Waals surface area contributed by atoms with E-state index in [1.54, 1.807) is 37.6 Å². The Morgan fingerprint density at radius 3 is 2.37 bits per heavy atom. The molecule has 0 saturated carbocycles. The molecule has 3 aromatic rings. The van der Waals surface area contributed by atoms with Crippen molar-refractivity contribution in [2.75, 3.05) is 20.8 Å². The fourth-order valence-electron chi connectivity index (χ4n) is 2.77. The number of H-pyrrole nitrogens is 1. The Morgan fingerprint density at radius 2 is 1.73 bits per heavy atom. The van der Waals surface area contributed by atoms with Crippen LogP contribution in [0, 0.1) is 0 Å². The molecule has 8 nitrogen and oxygen atoms in total.